The maximum absolute atomic E-state index is 11.5. The molecular weight excluding hydrogens is 210 g/mol. The van der Waals surface area contributed by atoms with Gasteiger partial charge in [-0.25, -0.2) is 0 Å². The molecule has 4 aliphatic carbocycles. The van der Waals surface area contributed by atoms with Crippen molar-refractivity contribution in [1.82, 2.24) is 0 Å². The Morgan fingerprint density at radius 2 is 2.06 bits per heavy atom. The van der Waals surface area contributed by atoms with Gasteiger partial charge in [-0.1, -0.05) is 13.8 Å². The van der Waals surface area contributed by atoms with Gasteiger partial charge in [0.2, 0.25) is 5.54 Å². The first-order valence-electron chi connectivity index (χ1n) is 5.72. The topological polar surface area (TPSA) is 80.4 Å². The fourth-order valence-electron chi connectivity index (χ4n) is 6.24. The maximum atomic E-state index is 11.5. The molecule has 0 aromatic heterocycles. The number of hydrogen-bond donors (Lipinski definition) is 1. The number of fused-ring (bicyclic) bond motifs is 2. The summed E-state index contributed by atoms with van der Waals surface area (Å²) in [5.41, 5.74) is -2.09. The zero-order valence-corrected chi connectivity index (χ0v) is 9.14. The van der Waals surface area contributed by atoms with E-state index in [0.717, 1.165) is 0 Å². The van der Waals surface area contributed by atoms with Crippen LogP contribution < -0.4 is 0 Å². The van der Waals surface area contributed by atoms with Crippen molar-refractivity contribution < 1.29 is 14.8 Å². The Bertz CT molecular complexity index is 465. The van der Waals surface area contributed by atoms with E-state index >= 15 is 0 Å². The number of nitro groups is 1. The zero-order valence-electron chi connectivity index (χ0n) is 9.14. The second-order valence-corrected chi connectivity index (χ2v) is 6.52. The molecule has 1 N–H and O–H groups in total. The predicted molar refractivity (Wildman–Crippen MR) is 52.2 cm³/mol. The second-order valence-electron chi connectivity index (χ2n) is 6.52. The molecular formula is C11H13NO4. The summed E-state index contributed by atoms with van der Waals surface area (Å²) in [5, 5.41) is 20.6. The van der Waals surface area contributed by atoms with Gasteiger partial charge in [0.25, 0.3) is 0 Å². The molecule has 0 aromatic carbocycles. The first-order chi connectivity index (χ1) is 7.34. The lowest BCUT2D eigenvalue weighted by molar-refractivity contribution is -0.742. The Hall–Kier alpha value is -1.13. The highest BCUT2D eigenvalue weighted by Crippen LogP contribution is 2.97. The van der Waals surface area contributed by atoms with E-state index in [1.54, 1.807) is 0 Å². The molecule has 4 saturated carbocycles. The van der Waals surface area contributed by atoms with Gasteiger partial charge in [0.1, 0.15) is 5.41 Å². The minimum absolute atomic E-state index is 0.00370. The van der Waals surface area contributed by atoms with Crippen LogP contribution in [0.1, 0.15) is 20.3 Å². The van der Waals surface area contributed by atoms with Crippen molar-refractivity contribution in [3.8, 4) is 0 Å². The summed E-state index contributed by atoms with van der Waals surface area (Å²) >= 11 is 0. The molecule has 6 atom stereocenters. The predicted octanol–water partition coefficient (Wildman–Crippen LogP) is 1.01. The first kappa shape index (κ1) is 8.96. The van der Waals surface area contributed by atoms with Crippen molar-refractivity contribution in [3.63, 3.8) is 0 Å². The van der Waals surface area contributed by atoms with Crippen molar-refractivity contribution in [2.45, 2.75) is 25.8 Å². The van der Waals surface area contributed by atoms with Crippen LogP contribution in [0.5, 0.6) is 0 Å². The molecule has 5 heteroatoms. The first-order valence-corrected chi connectivity index (χ1v) is 5.72. The summed E-state index contributed by atoms with van der Waals surface area (Å²) < 4.78 is 0. The number of hydrogen-bond acceptors (Lipinski definition) is 3. The van der Waals surface area contributed by atoms with Crippen molar-refractivity contribution in [2.75, 3.05) is 0 Å². The molecule has 0 radical (unpaired) electrons. The number of rotatable bonds is 2. The number of carboxylic acid groups (broad SMARTS) is 1. The fraction of sp³-hybridized carbons (Fsp3) is 0.909. The summed E-state index contributed by atoms with van der Waals surface area (Å²) in [5.74, 6) is -0.397. The van der Waals surface area contributed by atoms with Crippen molar-refractivity contribution >= 4 is 5.97 Å². The molecule has 0 heterocycles. The van der Waals surface area contributed by atoms with Crippen LogP contribution >= 0.6 is 0 Å². The number of carbonyl (C=O) groups is 1. The summed E-state index contributed by atoms with van der Waals surface area (Å²) in [7, 11) is 0. The largest absolute Gasteiger partial charge is 0.481 e. The van der Waals surface area contributed by atoms with E-state index in [0.29, 0.717) is 12.3 Å². The van der Waals surface area contributed by atoms with E-state index in [9.17, 15) is 20.0 Å². The minimum atomic E-state index is -1.07. The molecule has 4 fully saturated rings. The van der Waals surface area contributed by atoms with E-state index in [1.807, 2.05) is 0 Å². The van der Waals surface area contributed by atoms with Crippen LogP contribution in [0.2, 0.25) is 0 Å². The average Bonchev–Trinajstić information content (AvgIpc) is 2.14. The van der Waals surface area contributed by atoms with Gasteiger partial charge in [-0.2, -0.15) is 0 Å². The molecule has 0 bridgehead atoms. The lowest BCUT2D eigenvalue weighted by Gasteiger charge is -2.93. The highest BCUT2D eigenvalue weighted by molar-refractivity contribution is 5.84. The highest BCUT2D eigenvalue weighted by Gasteiger charge is 3.08. The highest BCUT2D eigenvalue weighted by atomic mass is 16.6. The van der Waals surface area contributed by atoms with Gasteiger partial charge in [0.05, 0.1) is 0 Å². The van der Waals surface area contributed by atoms with Crippen LogP contribution in [0.3, 0.4) is 0 Å². The van der Waals surface area contributed by atoms with Gasteiger partial charge in [-0.15, -0.1) is 0 Å². The van der Waals surface area contributed by atoms with E-state index in [1.165, 1.54) is 0 Å². The lowest BCUT2D eigenvalue weighted by atomic mass is 9.06. The van der Waals surface area contributed by atoms with Gasteiger partial charge >= 0.3 is 5.97 Å². The number of carboxylic acids is 1. The van der Waals surface area contributed by atoms with Crippen LogP contribution in [0.4, 0.5) is 0 Å². The third kappa shape index (κ3) is 0.406. The molecule has 0 spiro atoms. The number of nitrogens with zero attached hydrogens (tertiary/aromatic N) is 1. The van der Waals surface area contributed by atoms with Crippen LogP contribution in [-0.4, -0.2) is 21.5 Å². The molecule has 6 unspecified atom stereocenters. The number of aliphatic carboxylic acids is 1. The van der Waals surface area contributed by atoms with Crippen LogP contribution in [0.15, 0.2) is 0 Å². The Labute approximate surface area is 92.0 Å². The molecule has 0 aromatic rings. The zero-order chi connectivity index (χ0) is 11.7. The van der Waals surface area contributed by atoms with Gasteiger partial charge in [0, 0.05) is 16.8 Å². The standard InChI is InChI=1S/C11H13NO4/c1-9(2)5-4-3-10(8(13)14)7(9)6(5)11(4,10)12(15)16/h4-7H,3H2,1-2H3,(H,13,14). The Kier molecular flexibility index (Phi) is 1.000. The third-order valence-electron chi connectivity index (χ3n) is 6.38. The summed E-state index contributed by atoms with van der Waals surface area (Å²) in [4.78, 5) is 22.4. The van der Waals surface area contributed by atoms with Gasteiger partial charge in [0.15, 0.2) is 0 Å². The molecule has 4 rings (SSSR count). The average molecular weight is 223 g/mol. The molecule has 4 aliphatic rings. The quantitative estimate of drug-likeness (QED) is 0.559. The molecule has 0 aliphatic heterocycles. The molecule has 86 valence electrons. The van der Waals surface area contributed by atoms with Crippen molar-refractivity contribution in [2.24, 2.45) is 34.5 Å². The Morgan fingerprint density at radius 3 is 2.50 bits per heavy atom. The maximum Gasteiger partial charge on any atom is 0.317 e. The smallest absolute Gasteiger partial charge is 0.317 e. The van der Waals surface area contributed by atoms with E-state index in [2.05, 4.69) is 13.8 Å². The van der Waals surface area contributed by atoms with Gasteiger partial charge in [-0.3, -0.25) is 14.9 Å². The Morgan fingerprint density at radius 1 is 1.44 bits per heavy atom. The van der Waals surface area contributed by atoms with Gasteiger partial charge in [-0.05, 0) is 23.7 Å². The summed E-state index contributed by atoms with van der Waals surface area (Å²) in [6, 6.07) is 0. The molecule has 5 nitrogen and oxygen atoms in total. The Balaban J connectivity index is 1.89. The fourth-order valence-corrected chi connectivity index (χ4v) is 6.24. The second kappa shape index (κ2) is 1.79. The van der Waals surface area contributed by atoms with Gasteiger partial charge < -0.3 is 5.11 Å². The lowest BCUT2D eigenvalue weighted by Crippen LogP contribution is -3.04. The van der Waals surface area contributed by atoms with Crippen LogP contribution in [0.25, 0.3) is 0 Å². The van der Waals surface area contributed by atoms with E-state index < -0.39 is 16.9 Å². The van der Waals surface area contributed by atoms with E-state index in [-0.39, 0.29) is 28.1 Å². The molecule has 0 amide bonds. The van der Waals surface area contributed by atoms with E-state index in [4.69, 9.17) is 0 Å². The van der Waals surface area contributed by atoms with Crippen LogP contribution in [0, 0.1) is 44.6 Å². The van der Waals surface area contributed by atoms with Crippen molar-refractivity contribution in [3.05, 3.63) is 10.1 Å². The summed E-state index contributed by atoms with van der Waals surface area (Å²) in [6.07, 6.45) is 0.540. The monoisotopic (exact) mass is 223 g/mol. The SMILES string of the molecule is CC1(C)C2C3CC4(C(=O)O)C1C2C34[N+](=O)[O-]. The molecule has 0 saturated heterocycles. The third-order valence-corrected chi connectivity index (χ3v) is 6.38. The minimum Gasteiger partial charge on any atom is -0.481 e. The van der Waals surface area contributed by atoms with Crippen LogP contribution in [-0.2, 0) is 4.79 Å². The normalized spacial score (nSPS) is 61.6. The van der Waals surface area contributed by atoms with Crippen molar-refractivity contribution in [1.29, 1.82) is 0 Å². The summed E-state index contributed by atoms with van der Waals surface area (Å²) in [6.45, 7) is 4.15. The molecule has 16 heavy (non-hydrogen) atoms.